The Morgan fingerprint density at radius 1 is 1.59 bits per heavy atom. The number of carbonyl (C=O) groups excluding carboxylic acids is 1. The summed E-state index contributed by atoms with van der Waals surface area (Å²) < 4.78 is 4.90. The molecule has 0 aliphatic heterocycles. The number of halogens is 1. The minimum absolute atomic E-state index is 0.165. The number of rotatable bonds is 4. The largest absolute Gasteiger partial charge is 0.466 e. The average molecular weight is 314 g/mol. The van der Waals surface area contributed by atoms with Gasteiger partial charge in [0.15, 0.2) is 0 Å². The molecule has 1 aromatic rings. The third kappa shape index (κ3) is 3.76. The van der Waals surface area contributed by atoms with Gasteiger partial charge in [-0.3, -0.25) is 4.79 Å². The highest BCUT2D eigenvalue weighted by Gasteiger charge is 2.13. The van der Waals surface area contributed by atoms with Gasteiger partial charge in [-0.1, -0.05) is 15.9 Å². The predicted octanol–water partition coefficient (Wildman–Crippen LogP) is 2.85. The fraction of sp³-hybridized carbons (Fsp3) is 0.333. The number of benzene rings is 1. The monoisotopic (exact) mass is 313 g/mol. The van der Waals surface area contributed by atoms with Crippen LogP contribution in [0.4, 0.5) is 0 Å². The van der Waals surface area contributed by atoms with Crippen LogP contribution in [0.25, 0.3) is 0 Å². The Morgan fingerprint density at radius 3 is 2.82 bits per heavy atom. The molecular formula is C12H12BrNO2S. The highest BCUT2D eigenvalue weighted by molar-refractivity contribution is 9.08. The van der Waals surface area contributed by atoms with Crippen molar-refractivity contribution < 1.29 is 9.53 Å². The van der Waals surface area contributed by atoms with Crippen molar-refractivity contribution in [1.82, 2.24) is 0 Å². The number of hydrogen-bond donors (Lipinski definition) is 1. The lowest BCUT2D eigenvalue weighted by Gasteiger charge is -2.09. The summed E-state index contributed by atoms with van der Waals surface area (Å²) in [5, 5.41) is 9.54. The molecule has 0 unspecified atom stereocenters. The Bertz CT molecular complexity index is 468. The van der Waals surface area contributed by atoms with Gasteiger partial charge in [0.05, 0.1) is 24.7 Å². The van der Waals surface area contributed by atoms with Crippen molar-refractivity contribution in [2.24, 2.45) is 0 Å². The zero-order valence-electron chi connectivity index (χ0n) is 9.36. The van der Waals surface area contributed by atoms with Gasteiger partial charge in [0, 0.05) is 10.2 Å². The predicted molar refractivity (Wildman–Crippen MR) is 71.4 cm³/mol. The summed E-state index contributed by atoms with van der Waals surface area (Å²) in [5.41, 5.74) is 2.14. The molecule has 0 aliphatic rings. The maximum atomic E-state index is 11.4. The maximum Gasteiger partial charge on any atom is 0.310 e. The van der Waals surface area contributed by atoms with E-state index >= 15 is 0 Å². The fourth-order valence-electron chi connectivity index (χ4n) is 1.50. The smallest absolute Gasteiger partial charge is 0.310 e. The van der Waals surface area contributed by atoms with Crippen molar-refractivity contribution in [2.75, 3.05) is 6.61 Å². The van der Waals surface area contributed by atoms with Crippen LogP contribution in [-0.2, 0) is 21.3 Å². The molecule has 0 atom stereocenters. The van der Waals surface area contributed by atoms with Crippen molar-refractivity contribution in [1.29, 1.82) is 5.26 Å². The molecule has 0 saturated carbocycles. The Kier molecular flexibility index (Phi) is 5.52. The van der Waals surface area contributed by atoms with Crippen LogP contribution < -0.4 is 0 Å². The second-order valence-corrected chi connectivity index (χ2v) is 4.44. The van der Waals surface area contributed by atoms with Crippen molar-refractivity contribution >= 4 is 34.5 Å². The maximum absolute atomic E-state index is 11.4. The van der Waals surface area contributed by atoms with Crippen molar-refractivity contribution in [2.45, 2.75) is 23.6 Å². The highest BCUT2D eigenvalue weighted by Crippen LogP contribution is 2.23. The highest BCUT2D eigenvalue weighted by atomic mass is 79.9. The third-order valence-electron chi connectivity index (χ3n) is 2.22. The SMILES string of the molecule is CCOC(=O)Cc1cc(S)cc(C#N)c1CBr. The first kappa shape index (κ1) is 14.1. The number of nitriles is 1. The molecule has 17 heavy (non-hydrogen) atoms. The van der Waals surface area contributed by atoms with Gasteiger partial charge >= 0.3 is 5.97 Å². The van der Waals surface area contributed by atoms with E-state index < -0.39 is 0 Å². The lowest BCUT2D eigenvalue weighted by Crippen LogP contribution is -2.09. The quantitative estimate of drug-likeness (QED) is 0.528. The Hall–Kier alpha value is -0.990. The van der Waals surface area contributed by atoms with Crippen LogP contribution in [0.1, 0.15) is 23.6 Å². The first-order chi connectivity index (χ1) is 8.12. The summed E-state index contributed by atoms with van der Waals surface area (Å²) in [4.78, 5) is 12.1. The van der Waals surface area contributed by atoms with Crippen LogP contribution in [0.15, 0.2) is 17.0 Å². The van der Waals surface area contributed by atoms with Crippen LogP contribution in [0.3, 0.4) is 0 Å². The molecule has 0 radical (unpaired) electrons. The van der Waals surface area contributed by atoms with Gasteiger partial charge in [-0.2, -0.15) is 5.26 Å². The van der Waals surface area contributed by atoms with Gasteiger partial charge in [-0.05, 0) is 30.2 Å². The molecular weight excluding hydrogens is 302 g/mol. The molecule has 0 fully saturated rings. The third-order valence-corrected chi connectivity index (χ3v) is 3.04. The van der Waals surface area contributed by atoms with E-state index in [1.165, 1.54) is 0 Å². The second kappa shape index (κ2) is 6.67. The summed E-state index contributed by atoms with van der Waals surface area (Å²) in [5.74, 6) is -0.294. The lowest BCUT2D eigenvalue weighted by atomic mass is 10.0. The number of carbonyl (C=O) groups is 1. The topological polar surface area (TPSA) is 50.1 Å². The fourth-order valence-corrected chi connectivity index (χ4v) is 2.45. The van der Waals surface area contributed by atoms with Crippen molar-refractivity contribution in [3.8, 4) is 6.07 Å². The van der Waals surface area contributed by atoms with E-state index in [1.54, 1.807) is 19.1 Å². The van der Waals surface area contributed by atoms with E-state index in [9.17, 15) is 4.79 Å². The number of hydrogen-bond acceptors (Lipinski definition) is 4. The molecule has 0 saturated heterocycles. The van der Waals surface area contributed by atoms with E-state index in [4.69, 9.17) is 10.00 Å². The standard InChI is InChI=1S/C12H12BrNO2S/c1-2-16-12(15)5-8-3-10(17)4-9(7-14)11(8)6-13/h3-4,17H,2,5-6H2,1H3. The number of thiol groups is 1. The molecule has 1 aromatic carbocycles. The van der Waals surface area contributed by atoms with Gasteiger partial charge in [0.1, 0.15) is 0 Å². The van der Waals surface area contributed by atoms with Crippen molar-refractivity contribution in [3.05, 3.63) is 28.8 Å². The van der Waals surface area contributed by atoms with E-state index in [-0.39, 0.29) is 12.4 Å². The summed E-state index contributed by atoms with van der Waals surface area (Å²) in [6.45, 7) is 2.12. The molecule has 5 heteroatoms. The number of alkyl halides is 1. The van der Waals surface area contributed by atoms with E-state index in [0.29, 0.717) is 22.4 Å². The summed E-state index contributed by atoms with van der Waals surface area (Å²) in [7, 11) is 0. The first-order valence-electron chi connectivity index (χ1n) is 5.08. The minimum atomic E-state index is -0.294. The molecule has 3 nitrogen and oxygen atoms in total. The normalized spacial score (nSPS) is 9.76. The molecule has 0 bridgehead atoms. The number of nitrogens with zero attached hydrogens (tertiary/aromatic N) is 1. The molecule has 0 heterocycles. The molecule has 0 spiro atoms. The van der Waals surface area contributed by atoms with Gasteiger partial charge in [0.25, 0.3) is 0 Å². The number of ether oxygens (including phenoxy) is 1. The van der Waals surface area contributed by atoms with E-state index in [2.05, 4.69) is 34.6 Å². The minimum Gasteiger partial charge on any atom is -0.466 e. The molecule has 0 amide bonds. The lowest BCUT2D eigenvalue weighted by molar-refractivity contribution is -0.142. The van der Waals surface area contributed by atoms with Crippen LogP contribution in [0.5, 0.6) is 0 Å². The van der Waals surface area contributed by atoms with Gasteiger partial charge < -0.3 is 4.74 Å². The molecule has 0 aliphatic carbocycles. The Morgan fingerprint density at radius 2 is 2.29 bits per heavy atom. The van der Waals surface area contributed by atoms with Crippen LogP contribution in [0.2, 0.25) is 0 Å². The zero-order valence-corrected chi connectivity index (χ0v) is 11.8. The zero-order chi connectivity index (χ0) is 12.8. The number of esters is 1. The van der Waals surface area contributed by atoms with Gasteiger partial charge in [0.2, 0.25) is 0 Å². The molecule has 90 valence electrons. The van der Waals surface area contributed by atoms with Crippen LogP contribution in [0, 0.1) is 11.3 Å². The Labute approximate surface area is 114 Å². The summed E-state index contributed by atoms with van der Waals surface area (Å²) in [6, 6.07) is 5.58. The summed E-state index contributed by atoms with van der Waals surface area (Å²) >= 11 is 7.55. The first-order valence-corrected chi connectivity index (χ1v) is 6.65. The Balaban J connectivity index is 3.10. The van der Waals surface area contributed by atoms with Gasteiger partial charge in [-0.15, -0.1) is 12.6 Å². The van der Waals surface area contributed by atoms with E-state index in [0.717, 1.165) is 11.1 Å². The van der Waals surface area contributed by atoms with Crippen LogP contribution in [-0.4, -0.2) is 12.6 Å². The summed E-state index contributed by atoms with van der Waals surface area (Å²) in [6.07, 6.45) is 0.165. The van der Waals surface area contributed by atoms with Crippen molar-refractivity contribution in [3.63, 3.8) is 0 Å². The molecule has 0 N–H and O–H groups in total. The second-order valence-electron chi connectivity index (χ2n) is 3.36. The average Bonchev–Trinajstić information content (AvgIpc) is 2.28. The van der Waals surface area contributed by atoms with Gasteiger partial charge in [-0.25, -0.2) is 0 Å². The van der Waals surface area contributed by atoms with Crippen LogP contribution >= 0.6 is 28.6 Å². The van der Waals surface area contributed by atoms with E-state index in [1.807, 2.05) is 0 Å². The molecule has 1 rings (SSSR count). The molecule has 0 aromatic heterocycles.